The van der Waals surface area contributed by atoms with E-state index in [2.05, 4.69) is 15.6 Å². The van der Waals surface area contributed by atoms with Crippen molar-refractivity contribution >= 4 is 23.3 Å². The lowest BCUT2D eigenvalue weighted by Crippen LogP contribution is -2.59. The van der Waals surface area contributed by atoms with Crippen LogP contribution >= 0.6 is 0 Å². The summed E-state index contributed by atoms with van der Waals surface area (Å²) in [5.41, 5.74) is 1.13. The van der Waals surface area contributed by atoms with Crippen molar-refractivity contribution in [3.8, 4) is 6.07 Å². The van der Waals surface area contributed by atoms with Gasteiger partial charge in [0.2, 0.25) is 5.91 Å². The van der Waals surface area contributed by atoms with Gasteiger partial charge in [-0.3, -0.25) is 4.79 Å². The van der Waals surface area contributed by atoms with E-state index in [9.17, 15) is 9.59 Å². The summed E-state index contributed by atoms with van der Waals surface area (Å²) in [6.45, 7) is 0.550. The van der Waals surface area contributed by atoms with Crippen molar-refractivity contribution in [2.45, 2.75) is 44.1 Å². The SMILES string of the molecule is CN(C)c1ccc(C2=CN(C(=O)NC3(C(=O)NCC#N)CCCC3)CCC2)cn1. The summed E-state index contributed by atoms with van der Waals surface area (Å²) >= 11 is 0. The van der Waals surface area contributed by atoms with Crippen LogP contribution in [0, 0.1) is 11.3 Å². The monoisotopic (exact) mass is 396 g/mol. The highest BCUT2D eigenvalue weighted by Gasteiger charge is 2.43. The van der Waals surface area contributed by atoms with Crippen LogP contribution in [0.2, 0.25) is 0 Å². The molecule has 0 aromatic carbocycles. The maximum atomic E-state index is 13.0. The quantitative estimate of drug-likeness (QED) is 0.744. The number of carbonyl (C=O) groups excluding carboxylic acids is 2. The first-order valence-electron chi connectivity index (χ1n) is 10.0. The second-order valence-corrected chi connectivity index (χ2v) is 7.81. The Hall–Kier alpha value is -3.08. The lowest BCUT2D eigenvalue weighted by Gasteiger charge is -2.33. The Kier molecular flexibility index (Phi) is 6.37. The minimum Gasteiger partial charge on any atom is -0.363 e. The summed E-state index contributed by atoms with van der Waals surface area (Å²) in [6.07, 6.45) is 8.36. The van der Waals surface area contributed by atoms with Gasteiger partial charge in [-0.05, 0) is 49.0 Å². The topological polar surface area (TPSA) is 101 Å². The molecular formula is C21H28N6O2. The molecule has 0 atom stereocenters. The van der Waals surface area contributed by atoms with Gasteiger partial charge >= 0.3 is 6.03 Å². The minimum absolute atomic E-state index is 0.0554. The lowest BCUT2D eigenvalue weighted by molar-refractivity contribution is -0.126. The molecule has 3 amide bonds. The molecule has 3 rings (SSSR count). The highest BCUT2D eigenvalue weighted by atomic mass is 16.2. The second kappa shape index (κ2) is 8.95. The van der Waals surface area contributed by atoms with Crippen LogP contribution in [0.15, 0.2) is 24.5 Å². The first-order chi connectivity index (χ1) is 13.9. The highest BCUT2D eigenvalue weighted by Crippen LogP contribution is 2.31. The number of anilines is 1. The predicted octanol–water partition coefficient (Wildman–Crippen LogP) is 2.25. The van der Waals surface area contributed by atoms with Crippen LogP contribution in [0.25, 0.3) is 5.57 Å². The standard InChI is InChI=1S/C21H28N6O2/c1-26(2)18-8-7-16(14-24-18)17-6-5-13-27(15-17)20(29)25-21(9-3-4-10-21)19(28)23-12-11-22/h7-8,14-15H,3-6,9-10,12-13H2,1-2H3,(H,23,28)(H,25,29). The van der Waals surface area contributed by atoms with Gasteiger partial charge in [0.25, 0.3) is 0 Å². The Morgan fingerprint density at radius 2 is 2.03 bits per heavy atom. The molecule has 0 bridgehead atoms. The fraction of sp³-hybridized carbons (Fsp3) is 0.524. The summed E-state index contributed by atoms with van der Waals surface area (Å²) in [6, 6.07) is 5.63. The molecule has 8 nitrogen and oxygen atoms in total. The lowest BCUT2D eigenvalue weighted by atomic mass is 9.96. The van der Waals surface area contributed by atoms with E-state index in [1.807, 2.05) is 49.6 Å². The molecule has 1 aliphatic carbocycles. The summed E-state index contributed by atoms with van der Waals surface area (Å²) in [5, 5.41) is 14.3. The number of hydrogen-bond acceptors (Lipinski definition) is 5. The number of aromatic nitrogens is 1. The molecule has 8 heteroatoms. The van der Waals surface area contributed by atoms with Gasteiger partial charge in [-0.2, -0.15) is 5.26 Å². The number of rotatable bonds is 5. The number of nitrogens with one attached hydrogen (secondary N) is 2. The molecule has 2 N–H and O–H groups in total. The molecule has 154 valence electrons. The van der Waals surface area contributed by atoms with E-state index in [1.165, 1.54) is 0 Å². The maximum absolute atomic E-state index is 13.0. The van der Waals surface area contributed by atoms with Crippen LogP contribution in [0.5, 0.6) is 0 Å². The molecular weight excluding hydrogens is 368 g/mol. The molecule has 1 aromatic rings. The first-order valence-corrected chi connectivity index (χ1v) is 10.0. The highest BCUT2D eigenvalue weighted by molar-refractivity contribution is 5.92. The number of urea groups is 1. The number of allylic oxidation sites excluding steroid dienone is 1. The Morgan fingerprint density at radius 1 is 1.28 bits per heavy atom. The number of nitrogens with zero attached hydrogens (tertiary/aromatic N) is 4. The van der Waals surface area contributed by atoms with Crippen molar-refractivity contribution < 1.29 is 9.59 Å². The maximum Gasteiger partial charge on any atom is 0.322 e. The number of carbonyl (C=O) groups is 2. The number of pyridine rings is 1. The van der Waals surface area contributed by atoms with E-state index in [1.54, 1.807) is 4.90 Å². The van der Waals surface area contributed by atoms with Gasteiger partial charge in [0, 0.05) is 33.0 Å². The third-order valence-electron chi connectivity index (χ3n) is 5.56. The van der Waals surface area contributed by atoms with Gasteiger partial charge in [-0.15, -0.1) is 0 Å². The van der Waals surface area contributed by atoms with Gasteiger partial charge in [-0.1, -0.05) is 12.8 Å². The number of hydrogen-bond donors (Lipinski definition) is 2. The second-order valence-electron chi connectivity index (χ2n) is 7.81. The molecule has 29 heavy (non-hydrogen) atoms. The van der Waals surface area contributed by atoms with Crippen molar-refractivity contribution in [2.75, 3.05) is 32.1 Å². The zero-order valence-corrected chi connectivity index (χ0v) is 17.1. The van der Waals surface area contributed by atoms with E-state index < -0.39 is 5.54 Å². The van der Waals surface area contributed by atoms with Crippen molar-refractivity contribution in [1.82, 2.24) is 20.5 Å². The van der Waals surface area contributed by atoms with Gasteiger partial charge in [-0.25, -0.2) is 9.78 Å². The molecule has 2 aliphatic rings. The van der Waals surface area contributed by atoms with Crippen molar-refractivity contribution in [1.29, 1.82) is 5.26 Å². The van der Waals surface area contributed by atoms with Crippen LogP contribution in [0.1, 0.15) is 44.1 Å². The van der Waals surface area contributed by atoms with E-state index in [-0.39, 0.29) is 18.5 Å². The summed E-state index contributed by atoms with van der Waals surface area (Å²) in [4.78, 5) is 33.6. The summed E-state index contributed by atoms with van der Waals surface area (Å²) < 4.78 is 0. The Bertz CT molecular complexity index is 819. The first kappa shape index (κ1) is 20.6. The molecule has 1 fully saturated rings. The average molecular weight is 396 g/mol. The molecule has 0 saturated heterocycles. The molecule has 1 aromatic heterocycles. The molecule has 0 radical (unpaired) electrons. The molecule has 0 unspecified atom stereocenters. The van der Waals surface area contributed by atoms with Crippen molar-refractivity contribution in [3.63, 3.8) is 0 Å². The summed E-state index contributed by atoms with van der Waals surface area (Å²) in [5.74, 6) is 0.612. The van der Waals surface area contributed by atoms with Crippen LogP contribution in [-0.4, -0.2) is 54.5 Å². The largest absolute Gasteiger partial charge is 0.363 e. The zero-order valence-electron chi connectivity index (χ0n) is 17.1. The average Bonchev–Trinajstić information content (AvgIpc) is 3.21. The minimum atomic E-state index is -0.922. The third kappa shape index (κ3) is 4.67. The molecule has 0 spiro atoms. The van der Waals surface area contributed by atoms with E-state index in [0.29, 0.717) is 19.4 Å². The normalized spacial score (nSPS) is 17.8. The van der Waals surface area contributed by atoms with Gasteiger partial charge in [0.05, 0.1) is 6.07 Å². The van der Waals surface area contributed by atoms with E-state index in [4.69, 9.17) is 5.26 Å². The molecule has 2 heterocycles. The fourth-order valence-corrected chi connectivity index (χ4v) is 3.93. The third-order valence-corrected chi connectivity index (χ3v) is 5.56. The van der Waals surface area contributed by atoms with Crippen molar-refractivity contribution in [2.24, 2.45) is 0 Å². The molecule has 1 aliphatic heterocycles. The summed E-state index contributed by atoms with van der Waals surface area (Å²) in [7, 11) is 3.89. The van der Waals surface area contributed by atoms with E-state index >= 15 is 0 Å². The van der Waals surface area contributed by atoms with E-state index in [0.717, 1.165) is 42.6 Å². The Balaban J connectivity index is 1.73. The van der Waals surface area contributed by atoms with Crippen LogP contribution in [-0.2, 0) is 4.79 Å². The van der Waals surface area contributed by atoms with Crippen LogP contribution in [0.3, 0.4) is 0 Å². The Morgan fingerprint density at radius 3 is 2.66 bits per heavy atom. The van der Waals surface area contributed by atoms with Crippen molar-refractivity contribution in [3.05, 3.63) is 30.1 Å². The predicted molar refractivity (Wildman–Crippen MR) is 111 cm³/mol. The molecule has 1 saturated carbocycles. The van der Waals surface area contributed by atoms with Gasteiger partial charge in [0.15, 0.2) is 0 Å². The van der Waals surface area contributed by atoms with Crippen LogP contribution < -0.4 is 15.5 Å². The van der Waals surface area contributed by atoms with Gasteiger partial charge < -0.3 is 20.4 Å². The fourth-order valence-electron chi connectivity index (χ4n) is 3.93. The number of amides is 3. The number of nitriles is 1. The zero-order chi connectivity index (χ0) is 20.9. The van der Waals surface area contributed by atoms with Gasteiger partial charge in [0.1, 0.15) is 17.9 Å². The van der Waals surface area contributed by atoms with Crippen LogP contribution in [0.4, 0.5) is 10.6 Å². The Labute approximate surface area is 171 Å². The smallest absolute Gasteiger partial charge is 0.322 e.